The Balaban J connectivity index is 1.98. The van der Waals surface area contributed by atoms with Crippen molar-refractivity contribution in [3.8, 4) is 0 Å². The zero-order valence-corrected chi connectivity index (χ0v) is 14.0. The number of hydroxylamine groups is 1. The van der Waals surface area contributed by atoms with E-state index in [1.165, 1.54) is 0 Å². The summed E-state index contributed by atoms with van der Waals surface area (Å²) in [5, 5.41) is 11.5. The van der Waals surface area contributed by atoms with Crippen LogP contribution in [-0.2, 0) is 16.1 Å². The predicted octanol–water partition coefficient (Wildman–Crippen LogP) is 2.13. The Morgan fingerprint density at radius 3 is 2.75 bits per heavy atom. The SMILES string of the molecule is CCC(C)CC(CC(=O)NO)C(=O)NCc1nc2ccccc2[nH]1. The van der Waals surface area contributed by atoms with Gasteiger partial charge in [-0.15, -0.1) is 0 Å². The Kier molecular flexibility index (Phi) is 6.31. The molecule has 0 saturated carbocycles. The van der Waals surface area contributed by atoms with Gasteiger partial charge in [0.25, 0.3) is 0 Å². The van der Waals surface area contributed by atoms with Crippen LogP contribution in [0.25, 0.3) is 11.0 Å². The molecule has 2 aromatic rings. The number of amides is 2. The maximum absolute atomic E-state index is 12.4. The van der Waals surface area contributed by atoms with Crippen molar-refractivity contribution in [2.24, 2.45) is 11.8 Å². The third-order valence-corrected chi connectivity index (χ3v) is 4.18. The van der Waals surface area contributed by atoms with Gasteiger partial charge in [0.1, 0.15) is 5.82 Å². The summed E-state index contributed by atoms with van der Waals surface area (Å²) in [6, 6.07) is 7.64. The normalized spacial score (nSPS) is 13.5. The summed E-state index contributed by atoms with van der Waals surface area (Å²) >= 11 is 0. The van der Waals surface area contributed by atoms with Crippen molar-refractivity contribution < 1.29 is 14.8 Å². The lowest BCUT2D eigenvalue weighted by Crippen LogP contribution is -2.35. The van der Waals surface area contributed by atoms with Gasteiger partial charge in [-0.3, -0.25) is 14.8 Å². The van der Waals surface area contributed by atoms with Crippen molar-refractivity contribution in [3.63, 3.8) is 0 Å². The molecule has 1 heterocycles. The van der Waals surface area contributed by atoms with Gasteiger partial charge < -0.3 is 10.3 Å². The number of rotatable bonds is 8. The summed E-state index contributed by atoms with van der Waals surface area (Å²) in [6.45, 7) is 4.35. The average molecular weight is 332 g/mol. The Morgan fingerprint density at radius 2 is 2.08 bits per heavy atom. The smallest absolute Gasteiger partial charge is 0.244 e. The minimum absolute atomic E-state index is 0.0349. The number of hydrogen-bond donors (Lipinski definition) is 4. The number of aromatic amines is 1. The van der Waals surface area contributed by atoms with Crippen LogP contribution in [0.5, 0.6) is 0 Å². The highest BCUT2D eigenvalue weighted by Gasteiger charge is 2.23. The molecule has 0 radical (unpaired) electrons. The quantitative estimate of drug-likeness (QED) is 0.439. The zero-order valence-electron chi connectivity index (χ0n) is 14.0. The van der Waals surface area contributed by atoms with E-state index in [1.807, 2.05) is 38.1 Å². The minimum Gasteiger partial charge on any atom is -0.349 e. The van der Waals surface area contributed by atoms with E-state index >= 15 is 0 Å². The van der Waals surface area contributed by atoms with Crippen LogP contribution >= 0.6 is 0 Å². The summed E-state index contributed by atoms with van der Waals surface area (Å²) < 4.78 is 0. The number of nitrogens with zero attached hydrogens (tertiary/aromatic N) is 1. The van der Waals surface area contributed by atoms with E-state index in [2.05, 4.69) is 15.3 Å². The van der Waals surface area contributed by atoms with Crippen LogP contribution in [0, 0.1) is 11.8 Å². The number of fused-ring (bicyclic) bond motifs is 1. The zero-order chi connectivity index (χ0) is 17.5. The molecule has 0 aliphatic heterocycles. The second-order valence-electron chi connectivity index (χ2n) is 6.10. The summed E-state index contributed by atoms with van der Waals surface area (Å²) in [6.07, 6.45) is 1.48. The highest BCUT2D eigenvalue weighted by Crippen LogP contribution is 2.19. The molecule has 24 heavy (non-hydrogen) atoms. The minimum atomic E-state index is -0.554. The maximum atomic E-state index is 12.4. The van der Waals surface area contributed by atoms with Gasteiger partial charge in [-0.1, -0.05) is 32.4 Å². The van der Waals surface area contributed by atoms with E-state index in [0.717, 1.165) is 17.5 Å². The second kappa shape index (κ2) is 8.44. The molecule has 0 bridgehead atoms. The first-order valence-corrected chi connectivity index (χ1v) is 8.17. The Bertz CT molecular complexity index is 665. The number of para-hydroxylation sites is 2. The number of imidazole rings is 1. The topological polar surface area (TPSA) is 107 Å². The average Bonchev–Trinajstić information content (AvgIpc) is 3.01. The van der Waals surface area contributed by atoms with Gasteiger partial charge in [-0.05, 0) is 24.5 Å². The fourth-order valence-corrected chi connectivity index (χ4v) is 2.61. The lowest BCUT2D eigenvalue weighted by atomic mass is 9.90. The van der Waals surface area contributed by atoms with E-state index in [4.69, 9.17) is 5.21 Å². The van der Waals surface area contributed by atoms with E-state index in [9.17, 15) is 9.59 Å². The van der Waals surface area contributed by atoms with Crippen LogP contribution in [-0.4, -0.2) is 27.0 Å². The van der Waals surface area contributed by atoms with Gasteiger partial charge >= 0.3 is 0 Å². The van der Waals surface area contributed by atoms with Crippen LogP contribution in [0.3, 0.4) is 0 Å². The number of benzene rings is 1. The summed E-state index contributed by atoms with van der Waals surface area (Å²) in [5.74, 6) is -0.255. The fraction of sp³-hybridized carbons (Fsp3) is 0.471. The van der Waals surface area contributed by atoms with Crippen molar-refractivity contribution in [2.45, 2.75) is 39.7 Å². The molecule has 130 valence electrons. The van der Waals surface area contributed by atoms with Crippen LogP contribution in [0.15, 0.2) is 24.3 Å². The van der Waals surface area contributed by atoms with Crippen molar-refractivity contribution in [1.82, 2.24) is 20.8 Å². The standard InChI is InChI=1S/C17H24N4O3/c1-3-11(2)8-12(9-16(22)21-24)17(23)18-10-15-19-13-6-4-5-7-14(13)20-15/h4-7,11-12,24H,3,8-10H2,1-2H3,(H,18,23)(H,19,20)(H,21,22). The van der Waals surface area contributed by atoms with Crippen molar-refractivity contribution in [1.29, 1.82) is 0 Å². The molecule has 0 fully saturated rings. The first kappa shape index (κ1) is 17.9. The van der Waals surface area contributed by atoms with Gasteiger partial charge in [0.15, 0.2) is 0 Å². The summed E-state index contributed by atoms with van der Waals surface area (Å²) in [4.78, 5) is 31.4. The molecule has 7 heteroatoms. The molecule has 2 atom stereocenters. The monoisotopic (exact) mass is 332 g/mol. The third-order valence-electron chi connectivity index (χ3n) is 4.18. The van der Waals surface area contributed by atoms with E-state index in [-0.39, 0.29) is 18.9 Å². The lowest BCUT2D eigenvalue weighted by Gasteiger charge is -2.18. The molecule has 4 N–H and O–H groups in total. The molecule has 0 aliphatic carbocycles. The molecule has 0 aliphatic rings. The maximum Gasteiger partial charge on any atom is 0.244 e. The van der Waals surface area contributed by atoms with Crippen molar-refractivity contribution in [3.05, 3.63) is 30.1 Å². The van der Waals surface area contributed by atoms with Crippen LogP contribution in [0.1, 0.15) is 38.9 Å². The fourth-order valence-electron chi connectivity index (χ4n) is 2.61. The van der Waals surface area contributed by atoms with Crippen LogP contribution in [0.2, 0.25) is 0 Å². The molecule has 0 saturated heterocycles. The molecule has 0 spiro atoms. The predicted molar refractivity (Wildman–Crippen MR) is 90.0 cm³/mol. The Labute approximate surface area is 140 Å². The molecule has 1 aromatic heterocycles. The van der Waals surface area contributed by atoms with Crippen molar-refractivity contribution >= 4 is 22.8 Å². The van der Waals surface area contributed by atoms with Crippen LogP contribution < -0.4 is 10.8 Å². The molecule has 7 nitrogen and oxygen atoms in total. The Morgan fingerprint density at radius 1 is 1.33 bits per heavy atom. The second-order valence-corrected chi connectivity index (χ2v) is 6.10. The number of nitrogens with one attached hydrogen (secondary N) is 3. The highest BCUT2D eigenvalue weighted by atomic mass is 16.5. The number of carbonyl (C=O) groups is 2. The third kappa shape index (κ3) is 4.79. The van der Waals surface area contributed by atoms with Gasteiger partial charge in [0, 0.05) is 12.3 Å². The summed E-state index contributed by atoms with van der Waals surface area (Å²) in [5.41, 5.74) is 3.36. The van der Waals surface area contributed by atoms with Crippen LogP contribution in [0.4, 0.5) is 0 Å². The molecular formula is C17H24N4O3. The number of aromatic nitrogens is 2. The Hall–Kier alpha value is -2.41. The molecule has 2 amide bonds. The van der Waals surface area contributed by atoms with Gasteiger partial charge in [-0.25, -0.2) is 10.5 Å². The number of carbonyl (C=O) groups excluding carboxylic acids is 2. The summed E-state index contributed by atoms with van der Waals surface area (Å²) in [7, 11) is 0. The number of H-pyrrole nitrogens is 1. The molecule has 2 unspecified atom stereocenters. The van der Waals surface area contributed by atoms with Gasteiger partial charge in [-0.2, -0.15) is 0 Å². The largest absolute Gasteiger partial charge is 0.349 e. The van der Waals surface area contributed by atoms with E-state index < -0.39 is 11.8 Å². The van der Waals surface area contributed by atoms with E-state index in [0.29, 0.717) is 18.2 Å². The van der Waals surface area contributed by atoms with E-state index in [1.54, 1.807) is 5.48 Å². The van der Waals surface area contributed by atoms with Gasteiger partial charge in [0.2, 0.25) is 11.8 Å². The van der Waals surface area contributed by atoms with Gasteiger partial charge in [0.05, 0.1) is 17.6 Å². The first-order valence-electron chi connectivity index (χ1n) is 8.17. The highest BCUT2D eigenvalue weighted by molar-refractivity contribution is 5.85. The van der Waals surface area contributed by atoms with Crippen molar-refractivity contribution in [2.75, 3.05) is 0 Å². The molecule has 1 aromatic carbocycles. The molecule has 2 rings (SSSR count). The first-order chi connectivity index (χ1) is 11.5. The molecular weight excluding hydrogens is 308 g/mol. The lowest BCUT2D eigenvalue weighted by molar-refractivity contribution is -0.135. The number of hydrogen-bond acceptors (Lipinski definition) is 4.